The van der Waals surface area contributed by atoms with Gasteiger partial charge in [-0.1, -0.05) is 6.92 Å². The molecule has 2 N–H and O–H groups in total. The van der Waals surface area contributed by atoms with E-state index in [-0.39, 0.29) is 6.61 Å². The first-order valence-electron chi connectivity index (χ1n) is 6.18. The SMILES string of the molecule is CCc1nnc(COc2c(Br)cc(CN)cc2OC)o1. The number of nitrogens with two attached hydrogens (primary N) is 1. The second kappa shape index (κ2) is 6.71. The van der Waals surface area contributed by atoms with Crippen LogP contribution in [0.25, 0.3) is 0 Å². The fourth-order valence-corrected chi connectivity index (χ4v) is 2.26. The highest BCUT2D eigenvalue weighted by Gasteiger charge is 2.13. The van der Waals surface area contributed by atoms with Crippen molar-refractivity contribution in [2.75, 3.05) is 7.11 Å². The van der Waals surface area contributed by atoms with Gasteiger partial charge in [-0.05, 0) is 33.6 Å². The van der Waals surface area contributed by atoms with Crippen molar-refractivity contribution in [3.8, 4) is 11.5 Å². The van der Waals surface area contributed by atoms with Crippen LogP contribution in [0.15, 0.2) is 21.0 Å². The van der Waals surface area contributed by atoms with Crippen LogP contribution >= 0.6 is 15.9 Å². The number of benzene rings is 1. The van der Waals surface area contributed by atoms with Crippen molar-refractivity contribution >= 4 is 15.9 Å². The maximum atomic E-state index is 5.69. The smallest absolute Gasteiger partial charge is 0.253 e. The molecule has 0 radical (unpaired) electrons. The first kappa shape index (κ1) is 14.8. The maximum Gasteiger partial charge on any atom is 0.253 e. The zero-order valence-corrected chi connectivity index (χ0v) is 12.9. The van der Waals surface area contributed by atoms with E-state index in [0.717, 1.165) is 10.0 Å². The van der Waals surface area contributed by atoms with Gasteiger partial charge in [-0.25, -0.2) is 0 Å². The standard InChI is InChI=1S/C13H16BrN3O3/c1-3-11-16-17-12(20-11)7-19-13-9(14)4-8(6-15)5-10(13)18-2/h4-5H,3,6-7,15H2,1-2H3. The zero-order valence-electron chi connectivity index (χ0n) is 11.4. The van der Waals surface area contributed by atoms with Crippen molar-refractivity contribution in [1.82, 2.24) is 10.2 Å². The Kier molecular flexibility index (Phi) is 4.97. The molecule has 1 aromatic carbocycles. The number of nitrogens with zero attached hydrogens (tertiary/aromatic N) is 2. The second-order valence-corrected chi connectivity index (χ2v) is 4.90. The summed E-state index contributed by atoms with van der Waals surface area (Å²) in [6, 6.07) is 3.73. The molecule has 1 heterocycles. The van der Waals surface area contributed by atoms with Crippen LogP contribution < -0.4 is 15.2 Å². The molecule has 6 nitrogen and oxygen atoms in total. The normalized spacial score (nSPS) is 10.6. The van der Waals surface area contributed by atoms with Crippen LogP contribution in [0, 0.1) is 0 Å². The van der Waals surface area contributed by atoms with E-state index in [2.05, 4.69) is 26.1 Å². The summed E-state index contributed by atoms with van der Waals surface area (Å²) < 4.78 is 17.2. The summed E-state index contributed by atoms with van der Waals surface area (Å²) in [5.74, 6) is 2.21. The van der Waals surface area contributed by atoms with E-state index in [1.165, 1.54) is 0 Å². The van der Waals surface area contributed by atoms with Gasteiger partial charge in [0.1, 0.15) is 0 Å². The Hall–Kier alpha value is -1.60. The van der Waals surface area contributed by atoms with Crippen molar-refractivity contribution in [3.05, 3.63) is 34.0 Å². The van der Waals surface area contributed by atoms with E-state index in [0.29, 0.717) is 36.2 Å². The minimum absolute atomic E-state index is 0.184. The Morgan fingerprint density at radius 2 is 2.05 bits per heavy atom. The van der Waals surface area contributed by atoms with Crippen LogP contribution in [0.1, 0.15) is 24.3 Å². The first-order chi connectivity index (χ1) is 9.67. The van der Waals surface area contributed by atoms with E-state index in [9.17, 15) is 0 Å². The van der Waals surface area contributed by atoms with Crippen molar-refractivity contribution in [1.29, 1.82) is 0 Å². The van der Waals surface area contributed by atoms with Gasteiger partial charge in [-0.15, -0.1) is 10.2 Å². The monoisotopic (exact) mass is 341 g/mol. The number of methoxy groups -OCH3 is 1. The molecule has 0 bridgehead atoms. The molecule has 2 rings (SSSR count). The van der Waals surface area contributed by atoms with Crippen LogP contribution in [0.5, 0.6) is 11.5 Å². The summed E-state index contributed by atoms with van der Waals surface area (Å²) in [4.78, 5) is 0. The molecule has 0 aliphatic carbocycles. The molecule has 1 aromatic heterocycles. The third-order valence-electron chi connectivity index (χ3n) is 2.68. The summed E-state index contributed by atoms with van der Waals surface area (Å²) in [7, 11) is 1.58. The molecule has 0 unspecified atom stereocenters. The van der Waals surface area contributed by atoms with E-state index in [1.807, 2.05) is 19.1 Å². The topological polar surface area (TPSA) is 83.4 Å². The highest BCUT2D eigenvalue weighted by atomic mass is 79.9. The number of rotatable bonds is 6. The number of ether oxygens (including phenoxy) is 2. The van der Waals surface area contributed by atoms with Gasteiger partial charge in [0.15, 0.2) is 18.1 Å². The zero-order chi connectivity index (χ0) is 14.5. The lowest BCUT2D eigenvalue weighted by molar-refractivity contribution is 0.245. The van der Waals surface area contributed by atoms with Gasteiger partial charge in [0.25, 0.3) is 5.89 Å². The summed E-state index contributed by atoms with van der Waals surface area (Å²) in [6.45, 7) is 2.56. The molecule has 0 aliphatic heterocycles. The van der Waals surface area contributed by atoms with E-state index in [1.54, 1.807) is 7.11 Å². The number of aromatic nitrogens is 2. The third-order valence-corrected chi connectivity index (χ3v) is 3.27. The number of aryl methyl sites for hydroxylation is 1. The van der Waals surface area contributed by atoms with Crippen LogP contribution in [-0.4, -0.2) is 17.3 Å². The fraction of sp³-hybridized carbons (Fsp3) is 0.385. The quantitative estimate of drug-likeness (QED) is 0.868. The highest BCUT2D eigenvalue weighted by molar-refractivity contribution is 9.10. The second-order valence-electron chi connectivity index (χ2n) is 4.04. The average molecular weight is 342 g/mol. The molecule has 0 amide bonds. The summed E-state index contributed by atoms with van der Waals surface area (Å²) >= 11 is 3.44. The largest absolute Gasteiger partial charge is 0.493 e. The number of halogens is 1. The Balaban J connectivity index is 2.16. The molecule has 0 saturated heterocycles. The molecule has 0 aliphatic rings. The lowest BCUT2D eigenvalue weighted by Gasteiger charge is -2.12. The number of hydrogen-bond acceptors (Lipinski definition) is 6. The van der Waals surface area contributed by atoms with Crippen molar-refractivity contribution in [3.63, 3.8) is 0 Å². The van der Waals surface area contributed by atoms with Crippen molar-refractivity contribution in [2.24, 2.45) is 5.73 Å². The predicted molar refractivity (Wildman–Crippen MR) is 76.6 cm³/mol. The van der Waals surface area contributed by atoms with Gasteiger partial charge in [0, 0.05) is 13.0 Å². The lowest BCUT2D eigenvalue weighted by Crippen LogP contribution is -2.02. The molecule has 0 saturated carbocycles. The summed E-state index contributed by atoms with van der Waals surface area (Å²) in [5, 5.41) is 7.79. The molecule has 0 spiro atoms. The molecule has 7 heteroatoms. The van der Waals surface area contributed by atoms with Crippen LogP contribution in [0.2, 0.25) is 0 Å². The van der Waals surface area contributed by atoms with Gasteiger partial charge in [-0.2, -0.15) is 0 Å². The van der Waals surface area contributed by atoms with Gasteiger partial charge >= 0.3 is 0 Å². The van der Waals surface area contributed by atoms with Crippen molar-refractivity contribution < 1.29 is 13.9 Å². The molecule has 0 atom stereocenters. The van der Waals surface area contributed by atoms with E-state index >= 15 is 0 Å². The average Bonchev–Trinajstić information content (AvgIpc) is 2.93. The van der Waals surface area contributed by atoms with E-state index < -0.39 is 0 Å². The molecule has 20 heavy (non-hydrogen) atoms. The lowest BCUT2D eigenvalue weighted by atomic mass is 10.2. The summed E-state index contributed by atoms with van der Waals surface area (Å²) in [5.41, 5.74) is 6.58. The molecule has 0 fully saturated rings. The van der Waals surface area contributed by atoms with Gasteiger partial charge in [0.2, 0.25) is 5.89 Å². The highest BCUT2D eigenvalue weighted by Crippen LogP contribution is 2.37. The molecule has 108 valence electrons. The maximum absolute atomic E-state index is 5.69. The Morgan fingerprint density at radius 1 is 1.30 bits per heavy atom. The predicted octanol–water partition coefficient (Wildman–Crippen LogP) is 2.44. The third kappa shape index (κ3) is 3.29. The van der Waals surface area contributed by atoms with Crippen LogP contribution in [0.4, 0.5) is 0 Å². The Morgan fingerprint density at radius 3 is 2.65 bits per heavy atom. The van der Waals surface area contributed by atoms with Crippen LogP contribution in [0.3, 0.4) is 0 Å². The van der Waals surface area contributed by atoms with Gasteiger partial charge in [-0.3, -0.25) is 0 Å². The Labute approximate surface area is 125 Å². The van der Waals surface area contributed by atoms with Crippen LogP contribution in [-0.2, 0) is 19.6 Å². The Bertz CT molecular complexity index is 586. The fourth-order valence-electron chi connectivity index (χ4n) is 1.65. The molecule has 2 aromatic rings. The number of hydrogen-bond donors (Lipinski definition) is 1. The summed E-state index contributed by atoms with van der Waals surface area (Å²) in [6.07, 6.45) is 0.700. The minimum Gasteiger partial charge on any atom is -0.493 e. The van der Waals surface area contributed by atoms with Crippen molar-refractivity contribution in [2.45, 2.75) is 26.5 Å². The van der Waals surface area contributed by atoms with Gasteiger partial charge < -0.3 is 19.6 Å². The molecular weight excluding hydrogens is 326 g/mol. The van der Waals surface area contributed by atoms with Gasteiger partial charge in [0.05, 0.1) is 11.6 Å². The van der Waals surface area contributed by atoms with E-state index in [4.69, 9.17) is 19.6 Å². The first-order valence-corrected chi connectivity index (χ1v) is 6.97. The molecular formula is C13H16BrN3O3. The minimum atomic E-state index is 0.184.